The van der Waals surface area contributed by atoms with Crippen molar-refractivity contribution in [3.8, 4) is 0 Å². The molecule has 1 aliphatic heterocycles. The lowest BCUT2D eigenvalue weighted by molar-refractivity contribution is 0.0986. The molecule has 0 fully saturated rings. The average Bonchev–Trinajstić information content (AvgIpc) is 2.65. The molecule has 3 rings (SSSR count). The molecule has 2 aromatic carbocycles. The molecule has 0 aliphatic carbocycles. The first-order valence-electron chi connectivity index (χ1n) is 6.98. The first kappa shape index (κ1) is 14.1. The van der Waals surface area contributed by atoms with Crippen LogP contribution in [0.5, 0.6) is 0 Å². The minimum absolute atomic E-state index is 0.0721. The summed E-state index contributed by atoms with van der Waals surface area (Å²) in [4.78, 5) is 15.7. The summed E-state index contributed by atoms with van der Waals surface area (Å²) in [6, 6.07) is 13.7. The molecule has 2 nitrogen and oxygen atoms in total. The molecule has 1 aliphatic rings. The Morgan fingerprint density at radius 2 is 1.90 bits per heavy atom. The highest BCUT2D eigenvalue weighted by Gasteiger charge is 2.24. The summed E-state index contributed by atoms with van der Waals surface area (Å²) in [5.74, 6) is -0.399. The van der Waals surface area contributed by atoms with E-state index in [4.69, 9.17) is 0 Å². The molecule has 108 valence electrons. The fourth-order valence-electron chi connectivity index (χ4n) is 2.45. The number of hydrogen-bond acceptors (Lipinski definition) is 2. The van der Waals surface area contributed by atoms with E-state index >= 15 is 0 Å². The summed E-state index contributed by atoms with van der Waals surface area (Å²) in [5, 5.41) is 0.470. The van der Waals surface area contributed by atoms with E-state index < -0.39 is 0 Å². The van der Waals surface area contributed by atoms with Crippen molar-refractivity contribution in [2.45, 2.75) is 23.5 Å². The standard InChI is InChI=1S/C17H16FNOS/c1-12-10-11-19(15-4-2-3-5-16(15)21-12)17(20)13-6-8-14(18)9-7-13/h2-9,12H,10-11H2,1H3. The molecular formula is C17H16FNOS. The van der Waals surface area contributed by atoms with Crippen molar-refractivity contribution in [1.29, 1.82) is 0 Å². The number of nitrogens with zero attached hydrogens (tertiary/aromatic N) is 1. The monoisotopic (exact) mass is 301 g/mol. The van der Waals surface area contributed by atoms with Crippen molar-refractivity contribution in [3.05, 3.63) is 59.9 Å². The minimum Gasteiger partial charge on any atom is -0.307 e. The van der Waals surface area contributed by atoms with E-state index in [1.165, 1.54) is 12.1 Å². The third-order valence-electron chi connectivity index (χ3n) is 3.58. The molecule has 0 spiro atoms. The van der Waals surface area contributed by atoms with E-state index in [9.17, 15) is 9.18 Å². The van der Waals surface area contributed by atoms with Crippen LogP contribution in [0.3, 0.4) is 0 Å². The molecule has 4 heteroatoms. The van der Waals surface area contributed by atoms with Crippen LogP contribution in [0.15, 0.2) is 53.4 Å². The van der Waals surface area contributed by atoms with E-state index in [2.05, 4.69) is 6.92 Å². The van der Waals surface area contributed by atoms with Crippen LogP contribution >= 0.6 is 11.8 Å². The smallest absolute Gasteiger partial charge is 0.258 e. The first-order valence-corrected chi connectivity index (χ1v) is 7.86. The molecule has 1 unspecified atom stereocenters. The molecule has 1 atom stereocenters. The molecule has 0 aromatic heterocycles. The van der Waals surface area contributed by atoms with Gasteiger partial charge >= 0.3 is 0 Å². The zero-order chi connectivity index (χ0) is 14.8. The molecule has 0 saturated carbocycles. The average molecular weight is 301 g/mol. The van der Waals surface area contributed by atoms with Gasteiger partial charge in [-0.05, 0) is 42.8 Å². The molecule has 0 N–H and O–H groups in total. The fraction of sp³-hybridized carbons (Fsp3) is 0.235. The number of carbonyl (C=O) groups excluding carboxylic acids is 1. The highest BCUT2D eigenvalue weighted by Crippen LogP contribution is 2.37. The molecule has 0 saturated heterocycles. The maximum Gasteiger partial charge on any atom is 0.258 e. The van der Waals surface area contributed by atoms with Crippen LogP contribution in [0, 0.1) is 5.82 Å². The van der Waals surface area contributed by atoms with Crippen molar-refractivity contribution >= 4 is 23.4 Å². The number of halogens is 1. The summed E-state index contributed by atoms with van der Waals surface area (Å²) >= 11 is 1.80. The Hall–Kier alpha value is -1.81. The van der Waals surface area contributed by atoms with Gasteiger partial charge in [0.25, 0.3) is 5.91 Å². The molecule has 0 radical (unpaired) electrons. The zero-order valence-corrected chi connectivity index (χ0v) is 12.6. The van der Waals surface area contributed by atoms with Crippen LogP contribution in [0.1, 0.15) is 23.7 Å². The van der Waals surface area contributed by atoms with Crippen molar-refractivity contribution in [1.82, 2.24) is 0 Å². The number of anilines is 1. The van der Waals surface area contributed by atoms with Gasteiger partial charge in [0.2, 0.25) is 0 Å². The Morgan fingerprint density at radius 3 is 2.67 bits per heavy atom. The second-order valence-electron chi connectivity index (χ2n) is 5.15. The Bertz CT molecular complexity index is 656. The largest absolute Gasteiger partial charge is 0.307 e. The van der Waals surface area contributed by atoms with E-state index in [0.29, 0.717) is 17.4 Å². The predicted octanol–water partition coefficient (Wildman–Crippen LogP) is 4.36. The predicted molar refractivity (Wildman–Crippen MR) is 84.5 cm³/mol. The quantitative estimate of drug-likeness (QED) is 0.780. The van der Waals surface area contributed by atoms with Gasteiger partial charge in [0.05, 0.1) is 5.69 Å². The SMILES string of the molecule is CC1CCN(C(=O)c2ccc(F)cc2)c2ccccc2S1. The summed E-state index contributed by atoms with van der Waals surface area (Å²) in [6.45, 7) is 2.86. The number of thioether (sulfide) groups is 1. The molecule has 1 amide bonds. The number of para-hydroxylation sites is 1. The first-order chi connectivity index (χ1) is 10.1. The van der Waals surface area contributed by atoms with Crippen molar-refractivity contribution in [3.63, 3.8) is 0 Å². The van der Waals surface area contributed by atoms with Gasteiger partial charge in [-0.1, -0.05) is 19.1 Å². The summed E-state index contributed by atoms with van der Waals surface area (Å²) < 4.78 is 13.0. The van der Waals surface area contributed by atoms with Crippen molar-refractivity contribution < 1.29 is 9.18 Å². The van der Waals surface area contributed by atoms with Crippen LogP contribution in [0.2, 0.25) is 0 Å². The number of carbonyl (C=O) groups is 1. The highest BCUT2D eigenvalue weighted by molar-refractivity contribution is 8.00. The molecular weight excluding hydrogens is 285 g/mol. The van der Waals surface area contributed by atoms with Crippen LogP contribution in [0.25, 0.3) is 0 Å². The van der Waals surface area contributed by atoms with Crippen molar-refractivity contribution in [2.75, 3.05) is 11.4 Å². The van der Waals surface area contributed by atoms with Crippen LogP contribution in [0.4, 0.5) is 10.1 Å². The third kappa shape index (κ3) is 2.95. The van der Waals surface area contributed by atoms with Gasteiger partial charge in [-0.25, -0.2) is 4.39 Å². The lowest BCUT2D eigenvalue weighted by Gasteiger charge is -2.22. The number of amides is 1. The summed E-state index contributed by atoms with van der Waals surface area (Å²) in [5.41, 5.74) is 1.46. The van der Waals surface area contributed by atoms with Crippen LogP contribution < -0.4 is 4.90 Å². The zero-order valence-electron chi connectivity index (χ0n) is 11.8. The highest BCUT2D eigenvalue weighted by atomic mass is 32.2. The molecule has 21 heavy (non-hydrogen) atoms. The lowest BCUT2D eigenvalue weighted by atomic mass is 10.1. The Labute approximate surface area is 128 Å². The number of rotatable bonds is 1. The summed E-state index contributed by atoms with van der Waals surface area (Å²) in [7, 11) is 0. The molecule has 2 aromatic rings. The van der Waals surface area contributed by atoms with E-state index in [0.717, 1.165) is 17.0 Å². The van der Waals surface area contributed by atoms with Gasteiger partial charge in [0, 0.05) is 22.3 Å². The fourth-order valence-corrected chi connectivity index (χ4v) is 3.56. The maximum absolute atomic E-state index is 13.0. The van der Waals surface area contributed by atoms with E-state index in [1.54, 1.807) is 28.8 Å². The Kier molecular flexibility index (Phi) is 3.97. The Balaban J connectivity index is 1.97. The maximum atomic E-state index is 13.0. The second-order valence-corrected chi connectivity index (χ2v) is 6.63. The van der Waals surface area contributed by atoms with E-state index in [-0.39, 0.29) is 11.7 Å². The van der Waals surface area contributed by atoms with Gasteiger partial charge in [0.1, 0.15) is 5.82 Å². The number of benzene rings is 2. The molecule has 0 bridgehead atoms. The third-order valence-corrected chi connectivity index (χ3v) is 4.82. The second kappa shape index (κ2) is 5.90. The van der Waals surface area contributed by atoms with E-state index in [1.807, 2.05) is 24.3 Å². The topological polar surface area (TPSA) is 20.3 Å². The van der Waals surface area contributed by atoms with Gasteiger partial charge in [-0.15, -0.1) is 11.8 Å². The van der Waals surface area contributed by atoms with Gasteiger partial charge in [-0.3, -0.25) is 4.79 Å². The van der Waals surface area contributed by atoms with Gasteiger partial charge < -0.3 is 4.90 Å². The van der Waals surface area contributed by atoms with Crippen LogP contribution in [-0.2, 0) is 0 Å². The lowest BCUT2D eigenvalue weighted by Crippen LogP contribution is -2.32. The van der Waals surface area contributed by atoms with Crippen molar-refractivity contribution in [2.24, 2.45) is 0 Å². The van der Waals surface area contributed by atoms with Gasteiger partial charge in [0.15, 0.2) is 0 Å². The summed E-state index contributed by atoms with van der Waals surface area (Å²) in [6.07, 6.45) is 0.937. The number of hydrogen-bond donors (Lipinski definition) is 0. The van der Waals surface area contributed by atoms with Crippen LogP contribution in [-0.4, -0.2) is 17.7 Å². The number of fused-ring (bicyclic) bond motifs is 1. The Morgan fingerprint density at radius 1 is 1.19 bits per heavy atom. The molecule has 1 heterocycles. The van der Waals surface area contributed by atoms with Gasteiger partial charge in [-0.2, -0.15) is 0 Å². The minimum atomic E-state index is -0.327. The normalized spacial score (nSPS) is 18.0.